The number of ether oxygens (including phenoxy) is 1. The summed E-state index contributed by atoms with van der Waals surface area (Å²) in [5.41, 5.74) is 2.62. The number of aliphatic hydroxyl groups excluding tert-OH is 1. The van der Waals surface area contributed by atoms with E-state index in [1.165, 1.54) is 12.3 Å². The van der Waals surface area contributed by atoms with E-state index in [-0.39, 0.29) is 12.2 Å². The fraction of sp³-hybridized carbons (Fsp3) is 0.286. The van der Waals surface area contributed by atoms with Crippen molar-refractivity contribution in [2.45, 2.75) is 43.9 Å². The third kappa shape index (κ3) is 4.60. The molecule has 1 saturated heterocycles. The zero-order chi connectivity index (χ0) is 27.3. The highest BCUT2D eigenvalue weighted by Gasteiger charge is 2.51. The molecule has 0 amide bonds. The highest BCUT2D eigenvalue weighted by molar-refractivity contribution is 6.39. The molecule has 2 unspecified atom stereocenters. The van der Waals surface area contributed by atoms with Crippen LogP contribution in [0.2, 0.25) is 10.0 Å². The molecule has 2 atom stereocenters. The van der Waals surface area contributed by atoms with Gasteiger partial charge in [0.1, 0.15) is 24.3 Å². The molecular weight excluding hydrogens is 543 g/mol. The second kappa shape index (κ2) is 9.82. The van der Waals surface area contributed by atoms with Gasteiger partial charge in [0, 0.05) is 23.7 Å². The number of aliphatic hydroxyl groups is 1. The predicted octanol–water partition coefficient (Wildman–Crippen LogP) is 5.69. The summed E-state index contributed by atoms with van der Waals surface area (Å²) in [7, 11) is 0. The maximum Gasteiger partial charge on any atom is 0.335 e. The summed E-state index contributed by atoms with van der Waals surface area (Å²) >= 11 is 12.9. The number of carboxylic acids is 1. The Morgan fingerprint density at radius 3 is 2.54 bits per heavy atom. The Bertz CT molecular complexity index is 1540. The summed E-state index contributed by atoms with van der Waals surface area (Å²) in [5.74, 6) is 0.344. The van der Waals surface area contributed by atoms with E-state index in [0.717, 1.165) is 24.2 Å². The zero-order valence-corrected chi connectivity index (χ0v) is 22.4. The van der Waals surface area contributed by atoms with Crippen molar-refractivity contribution in [3.63, 3.8) is 0 Å². The molecular formula is C28H24Cl2N4O5. The summed E-state index contributed by atoms with van der Waals surface area (Å²) < 4.78 is 11.7. The molecule has 2 N–H and O–H groups in total. The zero-order valence-electron chi connectivity index (χ0n) is 20.8. The van der Waals surface area contributed by atoms with Crippen molar-refractivity contribution in [3.05, 3.63) is 87.5 Å². The minimum atomic E-state index is -1.02. The van der Waals surface area contributed by atoms with Gasteiger partial charge in [-0.15, -0.1) is 0 Å². The smallest absolute Gasteiger partial charge is 0.335 e. The van der Waals surface area contributed by atoms with Gasteiger partial charge in [-0.2, -0.15) is 0 Å². The molecule has 11 heteroatoms. The van der Waals surface area contributed by atoms with Crippen LogP contribution in [0, 0.1) is 0 Å². The van der Waals surface area contributed by atoms with Crippen molar-refractivity contribution in [3.8, 4) is 17.1 Å². The summed E-state index contributed by atoms with van der Waals surface area (Å²) in [6, 6.07) is 11.8. The van der Waals surface area contributed by atoms with E-state index in [1.54, 1.807) is 47.5 Å². The van der Waals surface area contributed by atoms with Gasteiger partial charge in [0.15, 0.2) is 0 Å². The maximum atomic E-state index is 11.3. The molecule has 3 heterocycles. The number of carboxylic acid groups (broad SMARTS) is 1. The lowest BCUT2D eigenvalue weighted by atomic mass is 9.76. The lowest BCUT2D eigenvalue weighted by molar-refractivity contribution is 0.0243. The van der Waals surface area contributed by atoms with E-state index in [4.69, 9.17) is 32.5 Å². The highest BCUT2D eigenvalue weighted by atomic mass is 35.5. The lowest BCUT2D eigenvalue weighted by Crippen LogP contribution is -2.66. The van der Waals surface area contributed by atoms with Gasteiger partial charge in [0.25, 0.3) is 0 Å². The van der Waals surface area contributed by atoms with Crippen LogP contribution in [0.1, 0.15) is 53.1 Å². The fourth-order valence-electron chi connectivity index (χ4n) is 4.90. The summed E-state index contributed by atoms with van der Waals surface area (Å²) in [5, 5.41) is 25.5. The summed E-state index contributed by atoms with van der Waals surface area (Å²) in [4.78, 5) is 22.0. The van der Waals surface area contributed by atoms with E-state index in [2.05, 4.69) is 15.1 Å². The van der Waals surface area contributed by atoms with Crippen LogP contribution in [0.15, 0.2) is 59.4 Å². The lowest BCUT2D eigenvalue weighted by Gasteiger charge is -2.53. The van der Waals surface area contributed by atoms with Crippen molar-refractivity contribution in [1.82, 2.24) is 15.1 Å². The number of carbonyl (C=O) groups is 1. The molecule has 0 spiro atoms. The largest absolute Gasteiger partial charge is 0.478 e. The number of aromatic carboxylic acids is 1. The van der Waals surface area contributed by atoms with E-state index in [0.29, 0.717) is 51.0 Å². The molecule has 9 nitrogen and oxygen atoms in total. The van der Waals surface area contributed by atoms with Crippen LogP contribution in [0.5, 0.6) is 5.88 Å². The number of hydrogen-bond donors (Lipinski definition) is 2. The second-order valence-corrected chi connectivity index (χ2v) is 10.9. The maximum absolute atomic E-state index is 11.3. The van der Waals surface area contributed by atoms with Gasteiger partial charge in [0.2, 0.25) is 5.88 Å². The molecule has 39 heavy (non-hydrogen) atoms. The molecule has 0 radical (unpaired) electrons. The average Bonchev–Trinajstić information content (AvgIpc) is 3.70. The van der Waals surface area contributed by atoms with Gasteiger partial charge >= 0.3 is 5.97 Å². The van der Waals surface area contributed by atoms with Crippen molar-refractivity contribution in [2.75, 3.05) is 11.4 Å². The van der Waals surface area contributed by atoms with Crippen molar-refractivity contribution in [1.29, 1.82) is 0 Å². The number of nitrogens with zero attached hydrogens (tertiary/aromatic N) is 4. The first-order valence-electron chi connectivity index (χ1n) is 12.4. The fourth-order valence-corrected chi connectivity index (χ4v) is 5.47. The number of aromatic nitrogens is 3. The standard InChI is InChI=1S/C28H24Cl2N4O5/c1-28(14-34(27(28)37)17-5-2-4-16(10-17)26(35)36)21-11-32-22(12-31-21)38-13-18-24(33-39-25(18)15-8-9-15)23-19(29)6-3-7-20(23)30/h2-7,10-12,15,27,37H,8-9,13-14H2,1H3,(H,35,36). The summed E-state index contributed by atoms with van der Waals surface area (Å²) in [6.45, 7) is 2.48. The second-order valence-electron chi connectivity index (χ2n) is 10.0. The van der Waals surface area contributed by atoms with Crippen LogP contribution in [0.4, 0.5) is 5.69 Å². The Morgan fingerprint density at radius 2 is 1.90 bits per heavy atom. The van der Waals surface area contributed by atoms with Gasteiger partial charge in [-0.3, -0.25) is 4.98 Å². The molecule has 2 aromatic heterocycles. The third-order valence-corrected chi connectivity index (χ3v) is 7.96. The van der Waals surface area contributed by atoms with Crippen LogP contribution in [0.25, 0.3) is 11.3 Å². The van der Waals surface area contributed by atoms with Crippen LogP contribution in [-0.4, -0.2) is 44.1 Å². The quantitative estimate of drug-likeness (QED) is 0.277. The number of rotatable bonds is 8. The first-order chi connectivity index (χ1) is 18.8. The van der Waals surface area contributed by atoms with Crippen LogP contribution in [-0.2, 0) is 12.0 Å². The van der Waals surface area contributed by atoms with Gasteiger partial charge in [-0.1, -0.05) is 40.5 Å². The Hall–Kier alpha value is -3.66. The van der Waals surface area contributed by atoms with Gasteiger partial charge in [-0.25, -0.2) is 9.78 Å². The monoisotopic (exact) mass is 566 g/mol. The summed E-state index contributed by atoms with van der Waals surface area (Å²) in [6.07, 6.45) is 4.25. The highest BCUT2D eigenvalue weighted by Crippen LogP contribution is 2.46. The third-order valence-electron chi connectivity index (χ3n) is 7.33. The molecule has 200 valence electrons. The van der Waals surface area contributed by atoms with E-state index in [1.807, 2.05) is 6.92 Å². The average molecular weight is 567 g/mol. The van der Waals surface area contributed by atoms with Crippen molar-refractivity contribution < 1.29 is 24.3 Å². The van der Waals surface area contributed by atoms with Crippen LogP contribution < -0.4 is 9.64 Å². The van der Waals surface area contributed by atoms with Crippen molar-refractivity contribution in [2.24, 2.45) is 0 Å². The normalized spacial score (nSPS) is 20.5. The van der Waals surface area contributed by atoms with E-state index in [9.17, 15) is 15.0 Å². The number of anilines is 1. The van der Waals surface area contributed by atoms with Crippen molar-refractivity contribution >= 4 is 34.9 Å². The van der Waals surface area contributed by atoms with Gasteiger partial charge in [0.05, 0.1) is 44.7 Å². The van der Waals surface area contributed by atoms with Gasteiger partial charge < -0.3 is 24.4 Å². The van der Waals surface area contributed by atoms with Crippen LogP contribution >= 0.6 is 23.2 Å². The molecule has 4 aromatic rings. The van der Waals surface area contributed by atoms with E-state index >= 15 is 0 Å². The number of halogens is 2. The predicted molar refractivity (Wildman–Crippen MR) is 144 cm³/mol. The Labute approximate surface area is 234 Å². The number of benzene rings is 2. The minimum Gasteiger partial charge on any atom is -0.478 e. The molecule has 6 rings (SSSR count). The molecule has 1 saturated carbocycles. The SMILES string of the molecule is CC1(c2cnc(OCc3c(-c4c(Cl)cccc4Cl)noc3C3CC3)cn2)CN(c2cccc(C(=O)O)c2)C1O. The first kappa shape index (κ1) is 25.6. The molecule has 2 fully saturated rings. The van der Waals surface area contributed by atoms with E-state index < -0.39 is 17.6 Å². The molecule has 1 aliphatic carbocycles. The number of hydrogen-bond acceptors (Lipinski definition) is 8. The van der Waals surface area contributed by atoms with Crippen LogP contribution in [0.3, 0.4) is 0 Å². The Morgan fingerprint density at radius 1 is 1.15 bits per heavy atom. The molecule has 0 bridgehead atoms. The van der Waals surface area contributed by atoms with Gasteiger partial charge in [-0.05, 0) is 50.1 Å². The first-order valence-corrected chi connectivity index (χ1v) is 13.2. The molecule has 2 aliphatic rings. The topological polar surface area (TPSA) is 122 Å². The molecule has 1 aliphatic heterocycles. The Balaban J connectivity index is 1.18. The Kier molecular flexibility index (Phi) is 6.45. The molecule has 2 aromatic carbocycles. The minimum absolute atomic E-state index is 0.147.